The molecule has 1 N–H and O–H groups in total. The fraction of sp³-hybridized carbons (Fsp3) is 0.286. The van der Waals surface area contributed by atoms with Crippen LogP contribution in [0, 0.1) is 5.82 Å². The molecule has 0 saturated carbocycles. The molecule has 0 saturated heterocycles. The number of fused-ring (bicyclic) bond motifs is 3. The maximum Gasteiger partial charge on any atom is 0.304 e. The van der Waals surface area contributed by atoms with E-state index in [4.69, 9.17) is 11.6 Å². The van der Waals surface area contributed by atoms with Gasteiger partial charge in [0.1, 0.15) is 5.82 Å². The summed E-state index contributed by atoms with van der Waals surface area (Å²) in [5.74, 6) is -1.80. The van der Waals surface area contributed by atoms with Gasteiger partial charge in [-0.1, -0.05) is 23.7 Å². The maximum absolute atomic E-state index is 14.3. The van der Waals surface area contributed by atoms with Crippen molar-refractivity contribution in [3.8, 4) is 0 Å². The Kier molecular flexibility index (Phi) is 4.91. The molecular weight excluding hydrogens is 417 g/mol. The van der Waals surface area contributed by atoms with Gasteiger partial charge in [0.15, 0.2) is 9.84 Å². The first-order valence-electron chi connectivity index (χ1n) is 9.16. The summed E-state index contributed by atoms with van der Waals surface area (Å²) in [5.41, 5.74) is 2.94. The molecule has 1 aliphatic heterocycles. The zero-order valence-electron chi connectivity index (χ0n) is 15.7. The molecule has 4 rings (SSSR count). The van der Waals surface area contributed by atoms with Crippen LogP contribution in [0.4, 0.5) is 4.39 Å². The summed E-state index contributed by atoms with van der Waals surface area (Å²) in [6.07, 6.45) is 2.03. The monoisotopic (exact) mass is 435 g/mol. The van der Waals surface area contributed by atoms with Gasteiger partial charge in [-0.3, -0.25) is 4.79 Å². The highest BCUT2D eigenvalue weighted by atomic mass is 35.5. The number of aryl methyl sites for hydroxylation is 1. The Balaban J connectivity index is 2.02. The molecule has 5 nitrogen and oxygen atoms in total. The van der Waals surface area contributed by atoms with Crippen molar-refractivity contribution in [2.45, 2.75) is 36.6 Å². The lowest BCUT2D eigenvalue weighted by molar-refractivity contribution is -0.137. The summed E-state index contributed by atoms with van der Waals surface area (Å²) in [7, 11) is -3.69. The Bertz CT molecular complexity index is 1230. The number of rotatable bonds is 5. The molecule has 8 heteroatoms. The van der Waals surface area contributed by atoms with Gasteiger partial charge >= 0.3 is 5.97 Å². The third-order valence-electron chi connectivity index (χ3n) is 5.44. The van der Waals surface area contributed by atoms with Gasteiger partial charge < -0.3 is 9.67 Å². The van der Waals surface area contributed by atoms with E-state index in [2.05, 4.69) is 0 Å². The second-order valence-electron chi connectivity index (χ2n) is 7.47. The molecule has 1 aliphatic rings. The number of carboxylic acid groups (broad SMARTS) is 1. The molecule has 2 heterocycles. The van der Waals surface area contributed by atoms with Crippen molar-refractivity contribution in [3.63, 3.8) is 0 Å². The minimum atomic E-state index is -3.69. The van der Waals surface area contributed by atoms with Gasteiger partial charge in [0.2, 0.25) is 0 Å². The number of carbonyl (C=O) groups is 1. The fourth-order valence-corrected chi connectivity index (χ4v) is 5.37. The predicted octanol–water partition coefficient (Wildman–Crippen LogP) is 4.39. The highest BCUT2D eigenvalue weighted by Gasteiger charge is 2.33. The quantitative estimate of drug-likeness (QED) is 0.644. The normalized spacial score (nSPS) is 16.3. The van der Waals surface area contributed by atoms with Crippen molar-refractivity contribution in [1.82, 2.24) is 4.57 Å². The SMILES string of the molecule is CS(=O)(=O)c1cc(F)cc2c1c(Cc1ccc(Cl)cc1)c1n2CC[C@@H]1CC(=O)O. The number of nitrogens with zero attached hydrogens (tertiary/aromatic N) is 1. The van der Waals surface area contributed by atoms with E-state index in [0.29, 0.717) is 35.3 Å². The van der Waals surface area contributed by atoms with Crippen molar-refractivity contribution < 1.29 is 22.7 Å². The highest BCUT2D eigenvalue weighted by Crippen LogP contribution is 2.43. The van der Waals surface area contributed by atoms with Gasteiger partial charge in [-0.05, 0) is 48.2 Å². The summed E-state index contributed by atoms with van der Waals surface area (Å²) in [6, 6.07) is 9.58. The van der Waals surface area contributed by atoms with Crippen LogP contribution in [0.25, 0.3) is 10.9 Å². The molecule has 3 aromatic rings. The lowest BCUT2D eigenvalue weighted by atomic mass is 9.93. The standard InChI is InChI=1S/C21H19ClFNO4S/c1-29(27,28)18-11-15(23)10-17-20(18)16(8-12-2-4-14(22)5-3-12)21-13(9-19(25)26)6-7-24(17)21/h2-5,10-11,13H,6-9H2,1H3,(H,25,26)/t13-/m1/s1. The molecule has 0 radical (unpaired) electrons. The van der Waals surface area contributed by atoms with E-state index in [1.807, 2.05) is 16.7 Å². The van der Waals surface area contributed by atoms with E-state index in [0.717, 1.165) is 29.1 Å². The third kappa shape index (κ3) is 3.65. The number of benzene rings is 2. The van der Waals surface area contributed by atoms with Crippen molar-refractivity contribution in [1.29, 1.82) is 0 Å². The number of carboxylic acids is 1. The largest absolute Gasteiger partial charge is 0.481 e. The Labute approximate surface area is 172 Å². The first kappa shape index (κ1) is 19.9. The van der Waals surface area contributed by atoms with E-state index in [-0.39, 0.29) is 17.2 Å². The van der Waals surface area contributed by atoms with E-state index >= 15 is 0 Å². The predicted molar refractivity (Wildman–Crippen MR) is 109 cm³/mol. The first-order chi connectivity index (χ1) is 13.6. The van der Waals surface area contributed by atoms with Gasteiger partial charge in [0.25, 0.3) is 0 Å². The van der Waals surface area contributed by atoms with Crippen molar-refractivity contribution >= 4 is 38.3 Å². The average molecular weight is 436 g/mol. The Morgan fingerprint density at radius 1 is 1.28 bits per heavy atom. The number of aliphatic carboxylic acids is 1. The van der Waals surface area contributed by atoms with Crippen LogP contribution < -0.4 is 0 Å². The van der Waals surface area contributed by atoms with Gasteiger partial charge in [0.05, 0.1) is 16.8 Å². The summed E-state index contributed by atoms with van der Waals surface area (Å²) in [4.78, 5) is 11.3. The number of halogens is 2. The van der Waals surface area contributed by atoms with E-state index in [1.165, 1.54) is 6.07 Å². The van der Waals surface area contributed by atoms with Gasteiger partial charge in [-0.25, -0.2) is 12.8 Å². The maximum atomic E-state index is 14.3. The van der Waals surface area contributed by atoms with Crippen LogP contribution in [0.15, 0.2) is 41.3 Å². The average Bonchev–Trinajstić information content (AvgIpc) is 3.15. The minimum Gasteiger partial charge on any atom is -0.481 e. The van der Waals surface area contributed by atoms with Crippen molar-refractivity contribution in [2.75, 3.05) is 6.26 Å². The highest BCUT2D eigenvalue weighted by molar-refractivity contribution is 7.91. The summed E-state index contributed by atoms with van der Waals surface area (Å²) < 4.78 is 41.1. The molecule has 29 heavy (non-hydrogen) atoms. The molecule has 1 atom stereocenters. The molecule has 1 aromatic heterocycles. The lowest BCUT2D eigenvalue weighted by Crippen LogP contribution is -2.06. The summed E-state index contributed by atoms with van der Waals surface area (Å²) in [6.45, 7) is 0.525. The topological polar surface area (TPSA) is 76.4 Å². The molecule has 0 spiro atoms. The van der Waals surface area contributed by atoms with Crippen molar-refractivity contribution in [2.24, 2.45) is 0 Å². The van der Waals surface area contributed by atoms with E-state index in [1.54, 1.807) is 12.1 Å². The van der Waals surface area contributed by atoms with Crippen molar-refractivity contribution in [3.05, 3.63) is 64.1 Å². The van der Waals surface area contributed by atoms with Crippen LogP contribution in [0.5, 0.6) is 0 Å². The number of hydrogen-bond acceptors (Lipinski definition) is 3. The zero-order chi connectivity index (χ0) is 20.9. The molecule has 0 fully saturated rings. The van der Waals surface area contributed by atoms with Gasteiger partial charge in [0, 0.05) is 34.8 Å². The molecule has 0 unspecified atom stereocenters. The van der Waals surface area contributed by atoms with Gasteiger partial charge in [-0.15, -0.1) is 0 Å². The van der Waals surface area contributed by atoms with E-state index < -0.39 is 21.6 Å². The molecule has 152 valence electrons. The number of hydrogen-bond donors (Lipinski definition) is 1. The minimum absolute atomic E-state index is 0.0549. The van der Waals surface area contributed by atoms with E-state index in [9.17, 15) is 22.7 Å². The number of sulfone groups is 1. The molecule has 0 bridgehead atoms. The van der Waals surface area contributed by atoms with Crippen LogP contribution in [0.2, 0.25) is 5.02 Å². The number of aromatic nitrogens is 1. The second-order valence-corrected chi connectivity index (χ2v) is 9.89. The summed E-state index contributed by atoms with van der Waals surface area (Å²) >= 11 is 5.97. The Hall–Kier alpha value is -2.38. The van der Waals surface area contributed by atoms with Crippen LogP contribution >= 0.6 is 11.6 Å². The molecule has 0 aliphatic carbocycles. The van der Waals surface area contributed by atoms with Gasteiger partial charge in [-0.2, -0.15) is 0 Å². The fourth-order valence-electron chi connectivity index (χ4n) is 4.32. The third-order valence-corrected chi connectivity index (χ3v) is 6.81. The van der Waals surface area contributed by atoms with Crippen LogP contribution in [-0.2, 0) is 27.6 Å². The molecule has 0 amide bonds. The smallest absolute Gasteiger partial charge is 0.304 e. The van der Waals surface area contributed by atoms with Crippen LogP contribution in [0.1, 0.15) is 35.6 Å². The first-order valence-corrected chi connectivity index (χ1v) is 11.4. The molecular formula is C21H19ClFNO4S. The zero-order valence-corrected chi connectivity index (χ0v) is 17.2. The lowest BCUT2D eigenvalue weighted by Gasteiger charge is -2.12. The second kappa shape index (κ2) is 7.15. The Morgan fingerprint density at radius 3 is 2.59 bits per heavy atom. The Morgan fingerprint density at radius 2 is 1.97 bits per heavy atom. The van der Waals surface area contributed by atoms with Crippen LogP contribution in [0.3, 0.4) is 0 Å². The van der Waals surface area contributed by atoms with Crippen LogP contribution in [-0.4, -0.2) is 30.3 Å². The summed E-state index contributed by atoms with van der Waals surface area (Å²) in [5, 5.41) is 10.4. The molecule has 2 aromatic carbocycles.